The van der Waals surface area contributed by atoms with Crippen LogP contribution in [0.1, 0.15) is 39.5 Å². The highest BCUT2D eigenvalue weighted by molar-refractivity contribution is 9.11. The zero-order valence-electron chi connectivity index (χ0n) is 15.2. The van der Waals surface area contributed by atoms with E-state index >= 15 is 0 Å². The molecule has 6 heteroatoms. The minimum Gasteiger partial charge on any atom is -0.492 e. The van der Waals surface area contributed by atoms with Crippen molar-refractivity contribution in [2.24, 2.45) is 0 Å². The van der Waals surface area contributed by atoms with Gasteiger partial charge in [0.05, 0.1) is 35.4 Å². The fourth-order valence-electron chi connectivity index (χ4n) is 1.77. The van der Waals surface area contributed by atoms with Crippen LogP contribution in [-0.2, 0) is 9.47 Å². The van der Waals surface area contributed by atoms with E-state index in [-0.39, 0.29) is 0 Å². The predicted molar refractivity (Wildman–Crippen MR) is 110 cm³/mol. The molecule has 0 aromatic heterocycles. The highest BCUT2D eigenvalue weighted by Gasteiger charge is 2.09. The van der Waals surface area contributed by atoms with E-state index in [9.17, 15) is 0 Å². The second kappa shape index (κ2) is 14.6. The van der Waals surface area contributed by atoms with E-state index in [0.717, 1.165) is 46.1 Å². The van der Waals surface area contributed by atoms with E-state index in [2.05, 4.69) is 55.9 Å². The fraction of sp³-hybridized carbons (Fsp3) is 0.500. The van der Waals surface area contributed by atoms with Gasteiger partial charge in [0.25, 0.3) is 0 Å². The summed E-state index contributed by atoms with van der Waals surface area (Å²) in [4.78, 5) is 0. The molecule has 0 N–H and O–H groups in total. The molecule has 0 aliphatic rings. The molecule has 0 aliphatic carbocycles. The molecule has 0 fully saturated rings. The molecule has 0 aliphatic heterocycles. The molecule has 0 saturated carbocycles. The Morgan fingerprint density at radius 1 is 0.769 bits per heavy atom. The summed E-state index contributed by atoms with van der Waals surface area (Å²) in [7, 11) is 0. The average Bonchev–Trinajstić information content (AvgIpc) is 2.63. The Balaban J connectivity index is 2.38. The third kappa shape index (κ3) is 9.85. The van der Waals surface area contributed by atoms with Crippen LogP contribution < -0.4 is 9.47 Å². The minimum atomic E-state index is 0.588. The first-order valence-electron chi connectivity index (χ1n) is 8.63. The summed E-state index contributed by atoms with van der Waals surface area (Å²) < 4.78 is 23.2. The van der Waals surface area contributed by atoms with Gasteiger partial charge < -0.3 is 18.9 Å². The summed E-state index contributed by atoms with van der Waals surface area (Å²) in [5.74, 6) is 7.42. The maximum Gasteiger partial charge on any atom is 0.134 e. The lowest BCUT2D eigenvalue weighted by Crippen LogP contribution is -2.00. The van der Waals surface area contributed by atoms with Crippen LogP contribution in [0.3, 0.4) is 0 Å². The van der Waals surface area contributed by atoms with E-state index in [1.807, 2.05) is 26.0 Å². The van der Waals surface area contributed by atoms with Crippen molar-refractivity contribution in [2.75, 3.05) is 26.4 Å². The first kappa shape index (κ1) is 22.5. The fourth-order valence-corrected chi connectivity index (χ4v) is 2.64. The normalized spacial score (nSPS) is 9.38. The van der Waals surface area contributed by atoms with Crippen molar-refractivity contribution in [2.45, 2.75) is 39.5 Å². The topological polar surface area (TPSA) is 36.9 Å². The molecule has 1 rings (SSSR count). The Morgan fingerprint density at radius 3 is 1.58 bits per heavy atom. The van der Waals surface area contributed by atoms with Crippen molar-refractivity contribution in [3.8, 4) is 35.6 Å². The molecular formula is C20H24Br2O4. The number of hydrogen-bond acceptors (Lipinski definition) is 4. The molecule has 1 aromatic rings. The SMILES string of the molecule is CCOC#CCCCOc1cc(Br)c(OCCCC#COCC)cc1Br. The summed E-state index contributed by atoms with van der Waals surface area (Å²) >= 11 is 7.05. The first-order chi connectivity index (χ1) is 12.7. The lowest BCUT2D eigenvalue weighted by atomic mass is 10.3. The molecule has 0 saturated heterocycles. The van der Waals surface area contributed by atoms with E-state index in [4.69, 9.17) is 18.9 Å². The maximum atomic E-state index is 5.79. The second-order valence-electron chi connectivity index (χ2n) is 5.04. The number of halogens is 2. The van der Waals surface area contributed by atoms with Gasteiger partial charge in [-0.2, -0.15) is 0 Å². The number of ether oxygens (including phenoxy) is 4. The Bertz CT molecular complexity index is 596. The molecule has 142 valence electrons. The van der Waals surface area contributed by atoms with Crippen LogP contribution in [0.4, 0.5) is 0 Å². The molecule has 0 unspecified atom stereocenters. The predicted octanol–water partition coefficient (Wildman–Crippen LogP) is 5.52. The van der Waals surface area contributed by atoms with Gasteiger partial charge in [0.15, 0.2) is 0 Å². The number of unbranched alkanes of at least 4 members (excludes halogenated alkanes) is 2. The van der Waals surface area contributed by atoms with Crippen molar-refractivity contribution in [3.63, 3.8) is 0 Å². The summed E-state index contributed by atoms with van der Waals surface area (Å²) in [6, 6.07) is 3.81. The lowest BCUT2D eigenvalue weighted by Gasteiger charge is -2.12. The van der Waals surface area contributed by atoms with E-state index in [1.54, 1.807) is 0 Å². The zero-order valence-corrected chi connectivity index (χ0v) is 18.4. The summed E-state index contributed by atoms with van der Waals surface area (Å²) in [6.07, 6.45) is 8.45. The smallest absolute Gasteiger partial charge is 0.134 e. The van der Waals surface area contributed by atoms with Crippen LogP contribution >= 0.6 is 31.9 Å². The van der Waals surface area contributed by atoms with Crippen LogP contribution in [0.5, 0.6) is 11.5 Å². The van der Waals surface area contributed by atoms with Crippen molar-refractivity contribution in [1.29, 1.82) is 0 Å². The van der Waals surface area contributed by atoms with Gasteiger partial charge in [0.1, 0.15) is 23.7 Å². The van der Waals surface area contributed by atoms with E-state index in [0.29, 0.717) is 26.4 Å². The van der Waals surface area contributed by atoms with Crippen LogP contribution in [0.2, 0.25) is 0 Å². The highest BCUT2D eigenvalue weighted by atomic mass is 79.9. The second-order valence-corrected chi connectivity index (χ2v) is 6.75. The van der Waals surface area contributed by atoms with Gasteiger partial charge in [-0.1, -0.05) is 11.8 Å². The van der Waals surface area contributed by atoms with Gasteiger partial charge in [-0.3, -0.25) is 0 Å². The molecule has 4 nitrogen and oxygen atoms in total. The first-order valence-corrected chi connectivity index (χ1v) is 10.2. The van der Waals surface area contributed by atoms with E-state index < -0.39 is 0 Å². The van der Waals surface area contributed by atoms with Gasteiger partial charge >= 0.3 is 0 Å². The summed E-state index contributed by atoms with van der Waals surface area (Å²) in [6.45, 7) is 6.22. The number of benzene rings is 1. The maximum absolute atomic E-state index is 5.79. The Labute approximate surface area is 173 Å². The summed E-state index contributed by atoms with van der Waals surface area (Å²) in [5.41, 5.74) is 0. The van der Waals surface area contributed by atoms with Gasteiger partial charge in [-0.15, -0.1) is 0 Å². The van der Waals surface area contributed by atoms with Gasteiger partial charge in [0, 0.05) is 12.8 Å². The monoisotopic (exact) mass is 486 g/mol. The van der Waals surface area contributed by atoms with Gasteiger partial charge in [-0.25, -0.2) is 0 Å². The number of hydrogen-bond donors (Lipinski definition) is 0. The van der Waals surface area contributed by atoms with Crippen LogP contribution in [-0.4, -0.2) is 26.4 Å². The molecule has 0 bridgehead atoms. The third-order valence-electron chi connectivity index (χ3n) is 2.97. The zero-order chi connectivity index (χ0) is 19.0. The molecule has 26 heavy (non-hydrogen) atoms. The third-order valence-corrected chi connectivity index (χ3v) is 4.21. The molecule has 0 spiro atoms. The summed E-state index contributed by atoms with van der Waals surface area (Å²) in [5, 5.41) is 0. The molecule has 0 heterocycles. The largest absolute Gasteiger partial charge is 0.492 e. The average molecular weight is 488 g/mol. The van der Waals surface area contributed by atoms with Crippen molar-refractivity contribution >= 4 is 31.9 Å². The van der Waals surface area contributed by atoms with Crippen LogP contribution in [0.25, 0.3) is 0 Å². The van der Waals surface area contributed by atoms with Gasteiger partial charge in [0.2, 0.25) is 0 Å². The quantitative estimate of drug-likeness (QED) is 0.321. The standard InChI is InChI=1S/C20H24Br2O4/c1-3-23-11-7-5-9-13-25-19-15-18(22)20(16-17(19)21)26-14-10-6-8-12-24-4-2/h15-16H,3-6,9-10,13-14H2,1-2H3. The molecular weight excluding hydrogens is 464 g/mol. The van der Waals surface area contributed by atoms with Crippen LogP contribution in [0, 0.1) is 24.1 Å². The minimum absolute atomic E-state index is 0.588. The molecule has 0 atom stereocenters. The lowest BCUT2D eigenvalue weighted by molar-refractivity contribution is 0.294. The molecule has 1 aromatic carbocycles. The molecule has 0 amide bonds. The number of rotatable bonds is 10. The van der Waals surface area contributed by atoms with Crippen molar-refractivity contribution in [3.05, 3.63) is 21.1 Å². The van der Waals surface area contributed by atoms with Crippen LogP contribution in [0.15, 0.2) is 21.1 Å². The van der Waals surface area contributed by atoms with Crippen molar-refractivity contribution in [1.82, 2.24) is 0 Å². The molecule has 0 radical (unpaired) electrons. The van der Waals surface area contributed by atoms with Crippen molar-refractivity contribution < 1.29 is 18.9 Å². The van der Waals surface area contributed by atoms with E-state index in [1.165, 1.54) is 0 Å². The Morgan fingerprint density at radius 2 is 1.19 bits per heavy atom. The Hall–Kier alpha value is -1.50. The Kier molecular flexibility index (Phi) is 12.7. The van der Waals surface area contributed by atoms with Gasteiger partial charge in [-0.05, 0) is 70.7 Å². The highest BCUT2D eigenvalue weighted by Crippen LogP contribution is 2.36.